The van der Waals surface area contributed by atoms with Gasteiger partial charge in [-0.25, -0.2) is 4.98 Å². The molecule has 2 heterocycles. The van der Waals surface area contributed by atoms with Gasteiger partial charge in [0.05, 0.1) is 0 Å². The zero-order chi connectivity index (χ0) is 9.26. The van der Waals surface area contributed by atoms with Crippen LogP contribution in [0.4, 0.5) is 0 Å². The fourth-order valence-corrected chi connectivity index (χ4v) is 1.96. The molecule has 0 unspecified atom stereocenters. The van der Waals surface area contributed by atoms with Crippen molar-refractivity contribution in [2.45, 2.75) is 6.42 Å². The molecule has 0 aromatic carbocycles. The Morgan fingerprint density at radius 3 is 2.38 bits per heavy atom. The van der Waals surface area contributed by atoms with Crippen molar-refractivity contribution in [2.24, 2.45) is 5.92 Å². The predicted octanol–water partition coefficient (Wildman–Crippen LogP) is 2.15. The van der Waals surface area contributed by atoms with E-state index in [0.29, 0.717) is 10.3 Å². The van der Waals surface area contributed by atoms with Crippen molar-refractivity contribution >= 4 is 23.2 Å². The Bertz CT molecular complexity index is 290. The Kier molecular flexibility index (Phi) is 2.72. The lowest BCUT2D eigenvalue weighted by atomic mass is 9.95. The van der Waals surface area contributed by atoms with Gasteiger partial charge in [0, 0.05) is 0 Å². The first kappa shape index (κ1) is 9.25. The van der Waals surface area contributed by atoms with Gasteiger partial charge in [0.15, 0.2) is 0 Å². The third-order valence-electron chi connectivity index (χ3n) is 2.21. The summed E-state index contributed by atoms with van der Waals surface area (Å²) in [6.07, 6.45) is 1.04. The molecule has 0 amide bonds. The lowest BCUT2D eigenvalue weighted by molar-refractivity contribution is 0.346. The topological polar surface area (TPSA) is 24.9 Å². The number of aromatic nitrogens is 1. The lowest BCUT2D eigenvalue weighted by Crippen LogP contribution is -2.43. The third kappa shape index (κ3) is 2.33. The smallest absolute Gasteiger partial charge is 0.131 e. The van der Waals surface area contributed by atoms with Crippen molar-refractivity contribution in [3.05, 3.63) is 28.0 Å². The molecule has 70 valence electrons. The minimum absolute atomic E-state index is 0.481. The summed E-state index contributed by atoms with van der Waals surface area (Å²) in [5.41, 5.74) is 1.18. The maximum Gasteiger partial charge on any atom is 0.131 e. The molecule has 0 radical (unpaired) electrons. The molecule has 13 heavy (non-hydrogen) atoms. The van der Waals surface area contributed by atoms with E-state index in [2.05, 4.69) is 10.3 Å². The van der Waals surface area contributed by atoms with E-state index in [1.54, 1.807) is 0 Å². The Labute approximate surface area is 87.3 Å². The SMILES string of the molecule is Clc1cc(CC2CNC2)cc(Cl)n1. The van der Waals surface area contributed by atoms with Gasteiger partial charge >= 0.3 is 0 Å². The number of nitrogens with one attached hydrogen (secondary N) is 1. The van der Waals surface area contributed by atoms with E-state index in [4.69, 9.17) is 23.2 Å². The van der Waals surface area contributed by atoms with E-state index >= 15 is 0 Å². The Hall–Kier alpha value is -0.310. The maximum absolute atomic E-state index is 5.78. The number of pyridine rings is 1. The molecular weight excluding hydrogens is 207 g/mol. The highest BCUT2D eigenvalue weighted by atomic mass is 35.5. The van der Waals surface area contributed by atoms with Gasteiger partial charge in [-0.2, -0.15) is 0 Å². The summed E-state index contributed by atoms with van der Waals surface area (Å²) in [7, 11) is 0. The number of halogens is 2. The number of hydrogen-bond acceptors (Lipinski definition) is 2. The molecule has 0 bridgehead atoms. The van der Waals surface area contributed by atoms with Gasteiger partial charge in [0.2, 0.25) is 0 Å². The fraction of sp³-hybridized carbons (Fsp3) is 0.444. The molecule has 0 spiro atoms. The van der Waals surface area contributed by atoms with E-state index in [0.717, 1.165) is 25.4 Å². The fourth-order valence-electron chi connectivity index (χ4n) is 1.46. The minimum Gasteiger partial charge on any atom is -0.316 e. The van der Waals surface area contributed by atoms with Crippen LogP contribution in [0.5, 0.6) is 0 Å². The van der Waals surface area contributed by atoms with Crippen LogP contribution in [0.2, 0.25) is 10.3 Å². The molecule has 1 aliphatic rings. The largest absolute Gasteiger partial charge is 0.316 e. The number of hydrogen-bond donors (Lipinski definition) is 1. The molecule has 2 rings (SSSR count). The van der Waals surface area contributed by atoms with Crippen LogP contribution in [0.15, 0.2) is 12.1 Å². The summed E-state index contributed by atoms with van der Waals surface area (Å²) in [6, 6.07) is 3.76. The highest BCUT2D eigenvalue weighted by Crippen LogP contribution is 2.18. The Morgan fingerprint density at radius 2 is 1.92 bits per heavy atom. The van der Waals surface area contributed by atoms with Crippen LogP contribution in [0.1, 0.15) is 5.56 Å². The zero-order valence-corrected chi connectivity index (χ0v) is 8.57. The van der Waals surface area contributed by atoms with Crippen LogP contribution in [-0.2, 0) is 6.42 Å². The average Bonchev–Trinajstić information content (AvgIpc) is 1.95. The predicted molar refractivity (Wildman–Crippen MR) is 54.3 cm³/mol. The molecule has 4 heteroatoms. The molecule has 0 aliphatic carbocycles. The monoisotopic (exact) mass is 216 g/mol. The average molecular weight is 217 g/mol. The second-order valence-corrected chi connectivity index (χ2v) is 4.12. The first-order chi connectivity index (χ1) is 6.24. The van der Waals surface area contributed by atoms with Gasteiger partial charge < -0.3 is 5.32 Å². The van der Waals surface area contributed by atoms with Gasteiger partial charge in [0.25, 0.3) is 0 Å². The van der Waals surface area contributed by atoms with E-state index in [-0.39, 0.29) is 0 Å². The zero-order valence-electron chi connectivity index (χ0n) is 7.06. The number of nitrogens with zero attached hydrogens (tertiary/aromatic N) is 1. The Morgan fingerprint density at radius 1 is 1.31 bits per heavy atom. The van der Waals surface area contributed by atoms with E-state index in [1.165, 1.54) is 5.56 Å². The second kappa shape index (κ2) is 3.82. The molecular formula is C9H10Cl2N2. The van der Waals surface area contributed by atoms with Gasteiger partial charge in [-0.05, 0) is 43.1 Å². The highest BCUT2D eigenvalue weighted by Gasteiger charge is 2.17. The summed E-state index contributed by atoms with van der Waals surface area (Å²) < 4.78 is 0. The van der Waals surface area contributed by atoms with Crippen molar-refractivity contribution in [1.82, 2.24) is 10.3 Å². The molecule has 1 N–H and O–H groups in total. The van der Waals surface area contributed by atoms with Crippen molar-refractivity contribution in [1.29, 1.82) is 0 Å². The van der Waals surface area contributed by atoms with Crippen molar-refractivity contribution < 1.29 is 0 Å². The molecule has 1 saturated heterocycles. The first-order valence-corrected chi connectivity index (χ1v) is 5.02. The van der Waals surface area contributed by atoms with E-state index in [9.17, 15) is 0 Å². The summed E-state index contributed by atoms with van der Waals surface area (Å²) in [5, 5.41) is 4.19. The van der Waals surface area contributed by atoms with Gasteiger partial charge in [-0.1, -0.05) is 23.2 Å². The van der Waals surface area contributed by atoms with Gasteiger partial charge in [-0.3, -0.25) is 0 Å². The third-order valence-corrected chi connectivity index (χ3v) is 2.60. The quantitative estimate of drug-likeness (QED) is 0.767. The Balaban J connectivity index is 2.10. The van der Waals surface area contributed by atoms with Crippen molar-refractivity contribution in [2.75, 3.05) is 13.1 Å². The van der Waals surface area contributed by atoms with Crippen molar-refractivity contribution in [3.8, 4) is 0 Å². The molecule has 2 nitrogen and oxygen atoms in total. The molecule has 1 aromatic heterocycles. The van der Waals surface area contributed by atoms with Crippen LogP contribution < -0.4 is 5.32 Å². The summed E-state index contributed by atoms with van der Waals surface area (Å²) >= 11 is 11.6. The molecule has 1 fully saturated rings. The molecule has 1 aromatic rings. The summed E-state index contributed by atoms with van der Waals surface area (Å²) in [6.45, 7) is 2.19. The first-order valence-electron chi connectivity index (χ1n) is 4.27. The maximum atomic E-state index is 5.78. The molecule has 0 atom stereocenters. The van der Waals surface area contributed by atoms with Crippen LogP contribution in [0, 0.1) is 5.92 Å². The van der Waals surface area contributed by atoms with Gasteiger partial charge in [-0.15, -0.1) is 0 Å². The second-order valence-electron chi connectivity index (χ2n) is 3.35. The standard InChI is InChI=1S/C9H10Cl2N2/c10-8-2-6(3-9(11)13-8)1-7-4-12-5-7/h2-3,7,12H,1,4-5H2. The number of rotatable bonds is 2. The normalized spacial score (nSPS) is 17.1. The van der Waals surface area contributed by atoms with Crippen LogP contribution in [0.25, 0.3) is 0 Å². The van der Waals surface area contributed by atoms with Crippen LogP contribution in [-0.4, -0.2) is 18.1 Å². The molecule has 0 saturated carbocycles. The minimum atomic E-state index is 0.481. The lowest BCUT2D eigenvalue weighted by Gasteiger charge is -2.27. The van der Waals surface area contributed by atoms with Crippen LogP contribution in [0.3, 0.4) is 0 Å². The highest BCUT2D eigenvalue weighted by molar-refractivity contribution is 6.32. The van der Waals surface area contributed by atoms with Crippen LogP contribution >= 0.6 is 23.2 Å². The molecule has 1 aliphatic heterocycles. The van der Waals surface area contributed by atoms with Crippen molar-refractivity contribution in [3.63, 3.8) is 0 Å². The van der Waals surface area contributed by atoms with E-state index in [1.807, 2.05) is 12.1 Å². The van der Waals surface area contributed by atoms with E-state index < -0.39 is 0 Å². The summed E-state index contributed by atoms with van der Waals surface area (Å²) in [4.78, 5) is 3.90. The summed E-state index contributed by atoms with van der Waals surface area (Å²) in [5.74, 6) is 0.731. The van der Waals surface area contributed by atoms with Gasteiger partial charge in [0.1, 0.15) is 10.3 Å².